The predicted molar refractivity (Wildman–Crippen MR) is 83.0 cm³/mol. The molecule has 2 rings (SSSR count). The van der Waals surface area contributed by atoms with Gasteiger partial charge in [0, 0.05) is 16.3 Å². The lowest BCUT2D eigenvalue weighted by molar-refractivity contribution is -0.116. The highest BCUT2D eigenvalue weighted by atomic mass is 35.5. The highest BCUT2D eigenvalue weighted by molar-refractivity contribution is 7.99. The Bertz CT molecular complexity index is 588. The summed E-state index contributed by atoms with van der Waals surface area (Å²) in [5, 5.41) is 9.67. The minimum atomic E-state index is -0.106. The summed E-state index contributed by atoms with van der Waals surface area (Å²) in [6.07, 6.45) is 1.19. The number of carbonyl (C=O) groups excluding carboxylic acids is 1. The molecule has 0 atom stereocenters. The van der Waals surface area contributed by atoms with Crippen LogP contribution in [0, 0.1) is 0 Å². The zero-order valence-corrected chi connectivity index (χ0v) is 13.0. The Morgan fingerprint density at radius 1 is 1.43 bits per heavy atom. The van der Waals surface area contributed by atoms with E-state index in [-0.39, 0.29) is 11.9 Å². The van der Waals surface area contributed by atoms with Gasteiger partial charge in [0.1, 0.15) is 0 Å². The number of methoxy groups -OCH3 is 1. The van der Waals surface area contributed by atoms with Gasteiger partial charge in [0.05, 0.1) is 7.11 Å². The number of halogens is 1. The van der Waals surface area contributed by atoms with Crippen molar-refractivity contribution in [1.82, 2.24) is 15.2 Å². The molecule has 0 aliphatic rings. The van der Waals surface area contributed by atoms with Gasteiger partial charge in [-0.3, -0.25) is 10.1 Å². The number of carbonyl (C=O) groups is 1. The highest BCUT2D eigenvalue weighted by Gasteiger charge is 2.07. The highest BCUT2D eigenvalue weighted by Crippen LogP contribution is 2.21. The summed E-state index contributed by atoms with van der Waals surface area (Å²) in [5.74, 6) is 1.04. The van der Waals surface area contributed by atoms with E-state index in [0.29, 0.717) is 12.4 Å². The van der Waals surface area contributed by atoms with Crippen molar-refractivity contribution in [3.05, 3.63) is 29.3 Å². The van der Waals surface area contributed by atoms with Gasteiger partial charge in [-0.15, -0.1) is 16.9 Å². The van der Waals surface area contributed by atoms with Crippen molar-refractivity contribution in [2.75, 3.05) is 18.2 Å². The maximum Gasteiger partial charge on any atom is 0.336 e. The summed E-state index contributed by atoms with van der Waals surface area (Å²) in [5.41, 5.74) is 0. The summed E-state index contributed by atoms with van der Waals surface area (Å²) < 4.78 is 4.81. The lowest BCUT2D eigenvalue weighted by Gasteiger charge is -2.02. The molecule has 0 aliphatic heterocycles. The fraction of sp³-hybridized carbons (Fsp3) is 0.308. The quantitative estimate of drug-likeness (QED) is 0.604. The summed E-state index contributed by atoms with van der Waals surface area (Å²) in [7, 11) is 1.46. The second-order valence-electron chi connectivity index (χ2n) is 4.12. The summed E-state index contributed by atoms with van der Waals surface area (Å²) in [6.45, 7) is 0. The molecule has 0 fully saturated rings. The molecular formula is C13H15ClN4O2S. The summed E-state index contributed by atoms with van der Waals surface area (Å²) >= 11 is 7.51. The largest absolute Gasteiger partial charge is 0.466 e. The fourth-order valence-electron chi connectivity index (χ4n) is 1.54. The second kappa shape index (κ2) is 7.90. The first kappa shape index (κ1) is 15.7. The molecule has 0 saturated heterocycles. The molecule has 0 saturated carbocycles. The SMILES string of the molecule is COc1n[nH]c(NC(=O)CCCSc2ccc(Cl)cc2)n1. The third kappa shape index (κ3) is 5.28. The van der Waals surface area contributed by atoms with Gasteiger partial charge in [-0.2, -0.15) is 4.98 Å². The van der Waals surface area contributed by atoms with Crippen LogP contribution in [0.4, 0.5) is 5.95 Å². The van der Waals surface area contributed by atoms with Gasteiger partial charge in [0.2, 0.25) is 11.9 Å². The number of nitrogens with one attached hydrogen (secondary N) is 2. The van der Waals surface area contributed by atoms with E-state index in [9.17, 15) is 4.79 Å². The van der Waals surface area contributed by atoms with E-state index in [1.54, 1.807) is 11.8 Å². The molecule has 0 spiro atoms. The van der Waals surface area contributed by atoms with Crippen LogP contribution in [0.15, 0.2) is 29.2 Å². The van der Waals surface area contributed by atoms with Crippen LogP contribution in [0.25, 0.3) is 0 Å². The standard InChI is InChI=1S/C13H15ClN4O2S/c1-20-13-16-12(17-18-13)15-11(19)3-2-8-21-10-6-4-9(14)5-7-10/h4-7H,2-3,8H2,1H3,(H2,15,16,17,18,19). The van der Waals surface area contributed by atoms with Crippen LogP contribution in [0.2, 0.25) is 5.02 Å². The number of rotatable bonds is 7. The number of benzene rings is 1. The number of thioether (sulfide) groups is 1. The average Bonchev–Trinajstić information content (AvgIpc) is 2.93. The summed E-state index contributed by atoms with van der Waals surface area (Å²) in [6, 6.07) is 7.84. The topological polar surface area (TPSA) is 79.9 Å². The molecular weight excluding hydrogens is 312 g/mol. The number of aromatic amines is 1. The number of ether oxygens (including phenoxy) is 1. The van der Waals surface area contributed by atoms with Crippen LogP contribution < -0.4 is 10.1 Å². The number of nitrogens with zero attached hydrogens (tertiary/aromatic N) is 2. The molecule has 8 heteroatoms. The van der Waals surface area contributed by atoms with Gasteiger partial charge in [-0.1, -0.05) is 11.6 Å². The predicted octanol–water partition coefficient (Wildman–Crippen LogP) is 2.98. The third-order valence-corrected chi connectivity index (χ3v) is 3.89. The number of hydrogen-bond donors (Lipinski definition) is 2. The average molecular weight is 327 g/mol. The van der Waals surface area contributed by atoms with E-state index >= 15 is 0 Å². The Hall–Kier alpha value is -1.73. The molecule has 6 nitrogen and oxygen atoms in total. The van der Waals surface area contributed by atoms with Crippen molar-refractivity contribution in [2.45, 2.75) is 17.7 Å². The van der Waals surface area contributed by atoms with E-state index in [4.69, 9.17) is 16.3 Å². The molecule has 2 aromatic rings. The van der Waals surface area contributed by atoms with Crippen molar-refractivity contribution in [3.8, 4) is 6.01 Å². The fourth-order valence-corrected chi connectivity index (χ4v) is 2.52. The summed E-state index contributed by atoms with van der Waals surface area (Å²) in [4.78, 5) is 16.8. The number of hydrogen-bond acceptors (Lipinski definition) is 5. The van der Waals surface area contributed by atoms with Gasteiger partial charge in [0.25, 0.3) is 0 Å². The Morgan fingerprint density at radius 3 is 2.86 bits per heavy atom. The first-order valence-corrected chi connectivity index (χ1v) is 7.68. The molecule has 1 heterocycles. The zero-order chi connectivity index (χ0) is 15.1. The molecule has 0 bridgehead atoms. The van der Waals surface area contributed by atoms with Crippen molar-refractivity contribution >= 4 is 35.2 Å². The molecule has 0 unspecified atom stereocenters. The minimum Gasteiger partial charge on any atom is -0.466 e. The van der Waals surface area contributed by atoms with Gasteiger partial charge in [0.15, 0.2) is 0 Å². The van der Waals surface area contributed by atoms with Crippen LogP contribution in [-0.2, 0) is 4.79 Å². The lowest BCUT2D eigenvalue weighted by Crippen LogP contribution is -2.12. The van der Waals surface area contributed by atoms with Gasteiger partial charge in [-0.05, 0) is 36.4 Å². The van der Waals surface area contributed by atoms with Crippen molar-refractivity contribution in [3.63, 3.8) is 0 Å². The van der Waals surface area contributed by atoms with Crippen molar-refractivity contribution < 1.29 is 9.53 Å². The Balaban J connectivity index is 1.66. The maximum absolute atomic E-state index is 11.7. The Labute approximate surface area is 131 Å². The van der Waals surface area contributed by atoms with E-state index in [0.717, 1.165) is 22.1 Å². The van der Waals surface area contributed by atoms with Gasteiger partial charge < -0.3 is 4.74 Å². The van der Waals surface area contributed by atoms with Crippen LogP contribution in [0.5, 0.6) is 6.01 Å². The number of aromatic nitrogens is 3. The van der Waals surface area contributed by atoms with Gasteiger partial charge in [-0.25, -0.2) is 5.10 Å². The van der Waals surface area contributed by atoms with Crippen molar-refractivity contribution in [1.29, 1.82) is 0 Å². The molecule has 21 heavy (non-hydrogen) atoms. The number of H-pyrrole nitrogens is 1. The van der Waals surface area contributed by atoms with Gasteiger partial charge >= 0.3 is 6.01 Å². The van der Waals surface area contributed by atoms with Crippen LogP contribution in [-0.4, -0.2) is 34.0 Å². The molecule has 1 aromatic carbocycles. The normalized spacial score (nSPS) is 10.4. The molecule has 0 aliphatic carbocycles. The lowest BCUT2D eigenvalue weighted by atomic mass is 10.3. The monoisotopic (exact) mass is 326 g/mol. The third-order valence-electron chi connectivity index (χ3n) is 2.54. The molecule has 0 radical (unpaired) electrons. The Kier molecular flexibility index (Phi) is 5.89. The zero-order valence-electron chi connectivity index (χ0n) is 11.4. The molecule has 112 valence electrons. The smallest absolute Gasteiger partial charge is 0.336 e. The van der Waals surface area contributed by atoms with Crippen LogP contribution in [0.1, 0.15) is 12.8 Å². The van der Waals surface area contributed by atoms with Crippen LogP contribution in [0.3, 0.4) is 0 Å². The van der Waals surface area contributed by atoms with Crippen LogP contribution >= 0.6 is 23.4 Å². The number of amides is 1. The minimum absolute atomic E-state index is 0.106. The first-order chi connectivity index (χ1) is 10.2. The Morgan fingerprint density at radius 2 is 2.19 bits per heavy atom. The maximum atomic E-state index is 11.7. The van der Waals surface area contributed by atoms with E-state index in [1.165, 1.54) is 7.11 Å². The van der Waals surface area contributed by atoms with E-state index in [1.807, 2.05) is 24.3 Å². The van der Waals surface area contributed by atoms with E-state index < -0.39 is 0 Å². The molecule has 2 N–H and O–H groups in total. The first-order valence-electron chi connectivity index (χ1n) is 6.32. The number of anilines is 1. The molecule has 1 aromatic heterocycles. The molecule has 1 amide bonds. The van der Waals surface area contributed by atoms with E-state index in [2.05, 4.69) is 20.5 Å². The second-order valence-corrected chi connectivity index (χ2v) is 5.73. The van der Waals surface area contributed by atoms with Crippen molar-refractivity contribution in [2.24, 2.45) is 0 Å².